The maximum atomic E-state index is 12.0. The van der Waals surface area contributed by atoms with E-state index in [0.717, 1.165) is 0 Å². The predicted molar refractivity (Wildman–Crippen MR) is 76.6 cm³/mol. The molecule has 1 N–H and O–H groups in total. The van der Waals surface area contributed by atoms with Crippen LogP contribution < -0.4 is 4.72 Å². The van der Waals surface area contributed by atoms with Crippen LogP contribution in [-0.2, 0) is 16.4 Å². The Balaban J connectivity index is 2.02. The van der Waals surface area contributed by atoms with Crippen molar-refractivity contribution in [1.82, 2.24) is 9.71 Å². The molecule has 0 unspecified atom stereocenters. The summed E-state index contributed by atoms with van der Waals surface area (Å²) in [5, 5.41) is 0.505. The number of rotatable bonds is 5. The third kappa shape index (κ3) is 3.73. The molecule has 1 heterocycles. The third-order valence-corrected chi connectivity index (χ3v) is 4.74. The first-order valence-electron chi connectivity index (χ1n) is 5.74. The fourth-order valence-corrected chi connectivity index (χ4v) is 2.98. The monoisotopic (exact) mass is 334 g/mol. The Morgan fingerprint density at radius 2 is 2.05 bits per heavy atom. The van der Waals surface area contributed by atoms with Crippen LogP contribution in [0.5, 0.6) is 0 Å². The first-order valence-corrected chi connectivity index (χ1v) is 7.98. The van der Waals surface area contributed by atoms with Gasteiger partial charge in [-0.1, -0.05) is 23.2 Å². The Labute approximate surface area is 127 Å². The SMILES string of the molecule is Cc1nc(CCNS(=O)(=O)c2ccc(Cl)c(Cl)c2)co1. The van der Waals surface area contributed by atoms with Crippen LogP contribution in [0.3, 0.4) is 0 Å². The summed E-state index contributed by atoms with van der Waals surface area (Å²) in [4.78, 5) is 4.16. The van der Waals surface area contributed by atoms with Crippen LogP contribution in [-0.4, -0.2) is 19.9 Å². The van der Waals surface area contributed by atoms with E-state index in [9.17, 15) is 8.42 Å². The lowest BCUT2D eigenvalue weighted by molar-refractivity contribution is 0.520. The summed E-state index contributed by atoms with van der Waals surface area (Å²) in [6.45, 7) is 1.94. The predicted octanol–water partition coefficient (Wildman–Crippen LogP) is 2.81. The summed E-state index contributed by atoms with van der Waals surface area (Å²) in [6.07, 6.45) is 1.95. The number of halogens is 2. The van der Waals surface area contributed by atoms with E-state index in [2.05, 4.69) is 9.71 Å². The standard InChI is InChI=1S/C12H12Cl2N2O3S/c1-8-16-9(7-19-8)4-5-15-20(17,18)10-2-3-11(13)12(14)6-10/h2-3,6-7,15H,4-5H2,1H3. The molecular weight excluding hydrogens is 323 g/mol. The minimum absolute atomic E-state index is 0.0724. The van der Waals surface area contributed by atoms with Crippen LogP contribution in [0.1, 0.15) is 11.6 Å². The Hall–Kier alpha value is -1.08. The molecule has 0 bridgehead atoms. The van der Waals surface area contributed by atoms with Gasteiger partial charge in [0.15, 0.2) is 5.89 Å². The van der Waals surface area contributed by atoms with Crippen molar-refractivity contribution in [2.45, 2.75) is 18.2 Å². The zero-order valence-electron chi connectivity index (χ0n) is 10.6. The highest BCUT2D eigenvalue weighted by molar-refractivity contribution is 7.89. The maximum Gasteiger partial charge on any atom is 0.240 e. The highest BCUT2D eigenvalue weighted by Gasteiger charge is 2.15. The lowest BCUT2D eigenvalue weighted by Gasteiger charge is -2.06. The van der Waals surface area contributed by atoms with E-state index in [1.807, 2.05) is 0 Å². The zero-order valence-corrected chi connectivity index (χ0v) is 12.9. The van der Waals surface area contributed by atoms with Gasteiger partial charge in [0.2, 0.25) is 10.0 Å². The Kier molecular flexibility index (Phi) is 4.70. The van der Waals surface area contributed by atoms with E-state index >= 15 is 0 Å². The van der Waals surface area contributed by atoms with E-state index in [1.54, 1.807) is 6.92 Å². The van der Waals surface area contributed by atoms with Gasteiger partial charge in [-0.3, -0.25) is 0 Å². The molecule has 0 aliphatic heterocycles. The van der Waals surface area contributed by atoms with Crippen molar-refractivity contribution in [3.63, 3.8) is 0 Å². The number of oxazole rings is 1. The summed E-state index contributed by atoms with van der Waals surface area (Å²) in [5.41, 5.74) is 0.694. The minimum Gasteiger partial charge on any atom is -0.449 e. The number of hydrogen-bond donors (Lipinski definition) is 1. The fraction of sp³-hybridized carbons (Fsp3) is 0.250. The highest BCUT2D eigenvalue weighted by Crippen LogP contribution is 2.24. The number of nitrogens with zero attached hydrogens (tertiary/aromatic N) is 1. The summed E-state index contributed by atoms with van der Waals surface area (Å²) < 4.78 is 31.6. The number of aromatic nitrogens is 1. The van der Waals surface area contributed by atoms with Gasteiger partial charge in [-0.05, 0) is 18.2 Å². The molecule has 108 valence electrons. The topological polar surface area (TPSA) is 72.2 Å². The molecule has 8 heteroatoms. The van der Waals surface area contributed by atoms with Gasteiger partial charge in [0.05, 0.1) is 20.6 Å². The minimum atomic E-state index is -3.61. The fourth-order valence-electron chi connectivity index (χ4n) is 1.56. The lowest BCUT2D eigenvalue weighted by Crippen LogP contribution is -2.26. The molecule has 0 amide bonds. The normalized spacial score (nSPS) is 11.8. The van der Waals surface area contributed by atoms with Crippen molar-refractivity contribution in [2.24, 2.45) is 0 Å². The zero-order chi connectivity index (χ0) is 14.8. The van der Waals surface area contributed by atoms with E-state index in [1.165, 1.54) is 24.5 Å². The van der Waals surface area contributed by atoms with Crippen molar-refractivity contribution in [2.75, 3.05) is 6.54 Å². The van der Waals surface area contributed by atoms with Crippen molar-refractivity contribution in [3.8, 4) is 0 Å². The lowest BCUT2D eigenvalue weighted by atomic mass is 10.3. The Bertz CT molecular complexity index is 713. The molecule has 0 aliphatic rings. The van der Waals surface area contributed by atoms with Crippen LogP contribution in [0.25, 0.3) is 0 Å². The van der Waals surface area contributed by atoms with E-state index in [0.29, 0.717) is 23.0 Å². The molecule has 0 aliphatic carbocycles. The summed E-state index contributed by atoms with van der Waals surface area (Å²) >= 11 is 11.6. The summed E-state index contributed by atoms with van der Waals surface area (Å²) in [7, 11) is -3.61. The third-order valence-electron chi connectivity index (χ3n) is 2.54. The first kappa shape index (κ1) is 15.3. The highest BCUT2D eigenvalue weighted by atomic mass is 35.5. The molecule has 0 saturated heterocycles. The van der Waals surface area contributed by atoms with Gasteiger partial charge < -0.3 is 4.42 Å². The average molecular weight is 335 g/mol. The largest absolute Gasteiger partial charge is 0.449 e. The van der Waals surface area contributed by atoms with Crippen molar-refractivity contribution < 1.29 is 12.8 Å². The van der Waals surface area contributed by atoms with Gasteiger partial charge >= 0.3 is 0 Å². The quantitative estimate of drug-likeness (QED) is 0.912. The van der Waals surface area contributed by atoms with Crippen molar-refractivity contribution in [1.29, 1.82) is 0 Å². The molecule has 0 radical (unpaired) electrons. The van der Waals surface area contributed by atoms with Crippen LogP contribution in [0.15, 0.2) is 33.8 Å². The van der Waals surface area contributed by atoms with Crippen LogP contribution in [0, 0.1) is 6.92 Å². The molecule has 1 aromatic heterocycles. The molecule has 0 fully saturated rings. The van der Waals surface area contributed by atoms with Crippen molar-refractivity contribution in [3.05, 3.63) is 46.1 Å². The molecule has 20 heavy (non-hydrogen) atoms. The molecule has 2 aromatic rings. The smallest absolute Gasteiger partial charge is 0.240 e. The molecule has 0 atom stereocenters. The molecular formula is C12H12Cl2N2O3S. The molecule has 2 rings (SSSR count). The molecule has 0 spiro atoms. The maximum absolute atomic E-state index is 12.0. The number of hydrogen-bond acceptors (Lipinski definition) is 4. The number of sulfonamides is 1. The van der Waals surface area contributed by atoms with Gasteiger partial charge in [-0.25, -0.2) is 18.1 Å². The number of benzene rings is 1. The summed E-state index contributed by atoms with van der Waals surface area (Å²) in [5.74, 6) is 0.548. The van der Waals surface area contributed by atoms with Gasteiger partial charge in [0.25, 0.3) is 0 Å². The second-order valence-electron chi connectivity index (χ2n) is 4.08. The van der Waals surface area contributed by atoms with E-state index in [-0.39, 0.29) is 16.5 Å². The van der Waals surface area contributed by atoms with E-state index < -0.39 is 10.0 Å². The number of nitrogens with one attached hydrogen (secondary N) is 1. The second kappa shape index (κ2) is 6.13. The Morgan fingerprint density at radius 1 is 1.30 bits per heavy atom. The molecule has 0 saturated carbocycles. The van der Waals surface area contributed by atoms with Gasteiger partial charge in [0, 0.05) is 19.9 Å². The van der Waals surface area contributed by atoms with Gasteiger partial charge in [-0.15, -0.1) is 0 Å². The first-order chi connectivity index (χ1) is 9.38. The van der Waals surface area contributed by atoms with Gasteiger partial charge in [0.1, 0.15) is 6.26 Å². The average Bonchev–Trinajstić information content (AvgIpc) is 2.78. The molecule has 1 aromatic carbocycles. The van der Waals surface area contributed by atoms with Gasteiger partial charge in [-0.2, -0.15) is 0 Å². The van der Waals surface area contributed by atoms with Crippen LogP contribution in [0.4, 0.5) is 0 Å². The molecule has 5 nitrogen and oxygen atoms in total. The van der Waals surface area contributed by atoms with Crippen molar-refractivity contribution >= 4 is 33.2 Å². The van der Waals surface area contributed by atoms with Crippen LogP contribution in [0.2, 0.25) is 10.0 Å². The number of aryl methyl sites for hydroxylation is 1. The van der Waals surface area contributed by atoms with Crippen LogP contribution >= 0.6 is 23.2 Å². The van der Waals surface area contributed by atoms with E-state index in [4.69, 9.17) is 27.6 Å². The summed E-state index contributed by atoms with van der Waals surface area (Å²) in [6, 6.07) is 4.16. The Morgan fingerprint density at radius 3 is 2.65 bits per heavy atom. The second-order valence-corrected chi connectivity index (χ2v) is 6.66.